The molecule has 1 fully saturated rings. The van der Waals surface area contributed by atoms with E-state index in [-0.39, 0.29) is 5.91 Å². The lowest BCUT2D eigenvalue weighted by Crippen LogP contribution is -2.30. The summed E-state index contributed by atoms with van der Waals surface area (Å²) in [5.41, 5.74) is 2.69. The summed E-state index contributed by atoms with van der Waals surface area (Å²) < 4.78 is 0. The third-order valence-electron chi connectivity index (χ3n) is 4.93. The maximum absolute atomic E-state index is 12.3. The van der Waals surface area contributed by atoms with Gasteiger partial charge in [0, 0.05) is 30.2 Å². The largest absolute Gasteiger partial charge is 0.371 e. The molecular formula is C19H22N2OS. The van der Waals surface area contributed by atoms with Gasteiger partial charge in [-0.3, -0.25) is 4.79 Å². The lowest BCUT2D eigenvalue weighted by atomic mass is 10.1. The van der Waals surface area contributed by atoms with E-state index in [0.29, 0.717) is 5.92 Å². The zero-order valence-electron chi connectivity index (χ0n) is 13.3. The fraction of sp³-hybridized carbons (Fsp3) is 0.421. The van der Waals surface area contributed by atoms with Gasteiger partial charge in [0.2, 0.25) is 0 Å². The van der Waals surface area contributed by atoms with Crippen LogP contribution in [0, 0.1) is 5.92 Å². The van der Waals surface area contributed by atoms with Crippen molar-refractivity contribution in [3.05, 3.63) is 51.7 Å². The standard InChI is InChI=1S/C19H22N2OS/c22-19(18-11-15-5-4-8-17(15)23-18)20-12-14-9-10-21(13-14)16-6-2-1-3-7-16/h1-3,6-7,11,14H,4-5,8-10,12-13H2,(H,20,22). The lowest BCUT2D eigenvalue weighted by molar-refractivity contribution is 0.0952. The summed E-state index contributed by atoms with van der Waals surface area (Å²) in [6, 6.07) is 12.6. The van der Waals surface area contributed by atoms with Crippen LogP contribution in [-0.2, 0) is 12.8 Å². The third-order valence-corrected chi connectivity index (χ3v) is 6.16. The number of carbonyl (C=O) groups is 1. The number of rotatable bonds is 4. The molecule has 2 heterocycles. The molecule has 0 bridgehead atoms. The van der Waals surface area contributed by atoms with Gasteiger partial charge in [0.15, 0.2) is 0 Å². The highest BCUT2D eigenvalue weighted by Gasteiger charge is 2.24. The van der Waals surface area contributed by atoms with Crippen LogP contribution >= 0.6 is 11.3 Å². The molecule has 1 aliphatic carbocycles. The number of hydrogen-bond donors (Lipinski definition) is 1. The topological polar surface area (TPSA) is 32.3 Å². The highest BCUT2D eigenvalue weighted by atomic mass is 32.1. The molecule has 3 nitrogen and oxygen atoms in total. The maximum atomic E-state index is 12.3. The molecule has 1 aromatic heterocycles. The maximum Gasteiger partial charge on any atom is 0.261 e. The van der Waals surface area contributed by atoms with E-state index in [0.717, 1.165) is 43.8 Å². The van der Waals surface area contributed by atoms with Crippen LogP contribution in [0.5, 0.6) is 0 Å². The minimum Gasteiger partial charge on any atom is -0.371 e. The Morgan fingerprint density at radius 1 is 1.26 bits per heavy atom. The molecule has 1 aromatic carbocycles. The van der Waals surface area contributed by atoms with Crippen LogP contribution in [0.3, 0.4) is 0 Å². The molecule has 1 atom stereocenters. The molecule has 4 heteroatoms. The van der Waals surface area contributed by atoms with E-state index in [1.807, 2.05) is 0 Å². The Morgan fingerprint density at radius 2 is 2.13 bits per heavy atom. The number of aryl methyl sites for hydroxylation is 2. The number of amides is 1. The summed E-state index contributed by atoms with van der Waals surface area (Å²) in [6.45, 7) is 2.90. The Morgan fingerprint density at radius 3 is 2.96 bits per heavy atom. The van der Waals surface area contributed by atoms with Gasteiger partial charge < -0.3 is 10.2 Å². The molecule has 0 spiro atoms. The minimum atomic E-state index is 0.113. The average molecular weight is 326 g/mol. The van der Waals surface area contributed by atoms with Crippen LogP contribution in [0.2, 0.25) is 0 Å². The van der Waals surface area contributed by atoms with Crippen molar-refractivity contribution in [1.29, 1.82) is 0 Å². The minimum absolute atomic E-state index is 0.113. The quantitative estimate of drug-likeness (QED) is 0.933. The highest BCUT2D eigenvalue weighted by molar-refractivity contribution is 7.14. The number of anilines is 1. The zero-order chi connectivity index (χ0) is 15.6. The Hall–Kier alpha value is -1.81. The number of nitrogens with one attached hydrogen (secondary N) is 1. The number of benzene rings is 1. The highest BCUT2D eigenvalue weighted by Crippen LogP contribution is 2.30. The van der Waals surface area contributed by atoms with E-state index in [1.54, 1.807) is 11.3 Å². The third kappa shape index (κ3) is 3.13. The smallest absolute Gasteiger partial charge is 0.261 e. The molecule has 23 heavy (non-hydrogen) atoms. The van der Waals surface area contributed by atoms with Gasteiger partial charge in [-0.05, 0) is 55.4 Å². The molecule has 2 aliphatic rings. The molecule has 0 radical (unpaired) electrons. The van der Waals surface area contributed by atoms with Gasteiger partial charge in [-0.15, -0.1) is 11.3 Å². The van der Waals surface area contributed by atoms with Crippen LogP contribution < -0.4 is 10.2 Å². The van der Waals surface area contributed by atoms with Crippen LogP contribution in [0.1, 0.15) is 33.0 Å². The van der Waals surface area contributed by atoms with E-state index in [1.165, 1.54) is 22.5 Å². The first-order valence-electron chi connectivity index (χ1n) is 8.49. The van der Waals surface area contributed by atoms with Gasteiger partial charge in [0.25, 0.3) is 5.91 Å². The van der Waals surface area contributed by atoms with E-state index >= 15 is 0 Å². The summed E-state index contributed by atoms with van der Waals surface area (Å²) in [7, 11) is 0. The van der Waals surface area contributed by atoms with Crippen LogP contribution in [-0.4, -0.2) is 25.5 Å². The van der Waals surface area contributed by atoms with Gasteiger partial charge in [-0.2, -0.15) is 0 Å². The van der Waals surface area contributed by atoms with Crippen LogP contribution in [0.15, 0.2) is 36.4 Å². The number of hydrogen-bond acceptors (Lipinski definition) is 3. The van der Waals surface area contributed by atoms with Crippen molar-refractivity contribution in [3.63, 3.8) is 0 Å². The first-order valence-corrected chi connectivity index (χ1v) is 9.31. The van der Waals surface area contributed by atoms with Gasteiger partial charge in [-0.25, -0.2) is 0 Å². The Labute approximate surface area is 141 Å². The molecule has 1 unspecified atom stereocenters. The van der Waals surface area contributed by atoms with E-state index in [9.17, 15) is 4.79 Å². The zero-order valence-corrected chi connectivity index (χ0v) is 14.1. The summed E-state index contributed by atoms with van der Waals surface area (Å²) in [5, 5.41) is 3.15. The second kappa shape index (κ2) is 6.36. The normalized spacial score (nSPS) is 19.8. The predicted octanol–water partition coefficient (Wildman–Crippen LogP) is 3.49. The molecule has 0 saturated carbocycles. The molecule has 1 saturated heterocycles. The summed E-state index contributed by atoms with van der Waals surface area (Å²) in [6.07, 6.45) is 4.70. The van der Waals surface area contributed by atoms with Crippen molar-refractivity contribution < 1.29 is 4.79 Å². The fourth-order valence-electron chi connectivity index (χ4n) is 3.64. The van der Waals surface area contributed by atoms with Crippen molar-refractivity contribution >= 4 is 22.9 Å². The fourth-order valence-corrected chi connectivity index (χ4v) is 4.81. The molecule has 1 amide bonds. The van der Waals surface area contributed by atoms with Gasteiger partial charge in [0.05, 0.1) is 4.88 Å². The second-order valence-electron chi connectivity index (χ2n) is 6.56. The van der Waals surface area contributed by atoms with Gasteiger partial charge in [-0.1, -0.05) is 18.2 Å². The first-order chi connectivity index (χ1) is 11.3. The average Bonchev–Trinajstić information content (AvgIpc) is 3.29. The number of thiophene rings is 1. The summed E-state index contributed by atoms with van der Waals surface area (Å²) in [4.78, 5) is 17.1. The summed E-state index contributed by atoms with van der Waals surface area (Å²) in [5.74, 6) is 0.661. The van der Waals surface area contributed by atoms with Crippen molar-refractivity contribution in [1.82, 2.24) is 5.32 Å². The Balaban J connectivity index is 1.30. The van der Waals surface area contributed by atoms with E-state index < -0.39 is 0 Å². The van der Waals surface area contributed by atoms with Crippen LogP contribution in [0.4, 0.5) is 5.69 Å². The van der Waals surface area contributed by atoms with Crippen molar-refractivity contribution in [3.8, 4) is 0 Å². The number of para-hydroxylation sites is 1. The predicted molar refractivity (Wildman–Crippen MR) is 95.4 cm³/mol. The van der Waals surface area contributed by atoms with E-state index in [4.69, 9.17) is 0 Å². The first kappa shape index (κ1) is 14.8. The molecular weight excluding hydrogens is 304 g/mol. The Bertz CT molecular complexity index is 673. The molecule has 4 rings (SSSR count). The van der Waals surface area contributed by atoms with Gasteiger partial charge in [0.1, 0.15) is 0 Å². The van der Waals surface area contributed by atoms with E-state index in [2.05, 4.69) is 46.6 Å². The summed E-state index contributed by atoms with van der Waals surface area (Å²) >= 11 is 1.69. The SMILES string of the molecule is O=C(NCC1CCN(c2ccccc2)C1)c1cc2c(s1)CCC2. The lowest BCUT2D eigenvalue weighted by Gasteiger charge is -2.18. The van der Waals surface area contributed by atoms with Crippen LogP contribution in [0.25, 0.3) is 0 Å². The van der Waals surface area contributed by atoms with Crippen molar-refractivity contribution in [2.75, 3.05) is 24.5 Å². The van der Waals surface area contributed by atoms with Gasteiger partial charge >= 0.3 is 0 Å². The molecule has 120 valence electrons. The van der Waals surface area contributed by atoms with Crippen molar-refractivity contribution in [2.24, 2.45) is 5.92 Å². The number of carbonyl (C=O) groups excluding carboxylic acids is 1. The molecule has 2 aromatic rings. The second-order valence-corrected chi connectivity index (χ2v) is 7.70. The molecule has 1 N–H and O–H groups in total. The molecule has 1 aliphatic heterocycles. The van der Waals surface area contributed by atoms with Crippen molar-refractivity contribution in [2.45, 2.75) is 25.7 Å². The monoisotopic (exact) mass is 326 g/mol. The number of fused-ring (bicyclic) bond motifs is 1. The number of nitrogens with zero attached hydrogens (tertiary/aromatic N) is 1. The Kier molecular flexibility index (Phi) is 4.08.